The van der Waals surface area contributed by atoms with Crippen molar-refractivity contribution in [1.29, 1.82) is 0 Å². The summed E-state index contributed by atoms with van der Waals surface area (Å²) in [5.41, 5.74) is 1.28. The van der Waals surface area contributed by atoms with Crippen LogP contribution >= 0.6 is 11.6 Å². The number of halogens is 5. The number of ether oxygens (including phenoxy) is 2. The van der Waals surface area contributed by atoms with Crippen molar-refractivity contribution < 1.29 is 41.4 Å². The van der Waals surface area contributed by atoms with Gasteiger partial charge < -0.3 is 35.6 Å². The standard InChI is InChI=1S/C36H37ClF4N8O5/c1-35(2)19-44-29(50)24-7-11-26(12-8-24)45-33-46-32(47-34(48-33)54-21-36(39,40)41)43-18-23-6-13-28(27(37)16-23)53-15-3-14-49(20-35)31(52)30(51)42-17-22-4-9-25(38)10-5-22/h4-13,16H,3,14-15,17-21H2,1-2H3,(H,42,51)(H,44,50)(H2,43,45,46,47,48). The van der Waals surface area contributed by atoms with Crippen LogP contribution in [-0.2, 0) is 22.7 Å². The smallest absolute Gasteiger partial charge is 0.422 e. The molecule has 18 heteroatoms. The number of hydrogen-bond donors (Lipinski definition) is 4. The zero-order chi connectivity index (χ0) is 38.9. The summed E-state index contributed by atoms with van der Waals surface area (Å²) in [5.74, 6) is -2.31. The second-order valence-electron chi connectivity index (χ2n) is 13.1. The minimum absolute atomic E-state index is 0.0203. The van der Waals surface area contributed by atoms with Crippen molar-refractivity contribution in [3.63, 3.8) is 0 Å². The minimum atomic E-state index is -4.63. The molecule has 0 spiro atoms. The van der Waals surface area contributed by atoms with Crippen molar-refractivity contribution in [3.05, 3.63) is 94.3 Å². The van der Waals surface area contributed by atoms with Gasteiger partial charge in [-0.25, -0.2) is 4.39 Å². The van der Waals surface area contributed by atoms with E-state index in [1.165, 1.54) is 41.3 Å². The molecule has 4 aliphatic heterocycles. The second-order valence-corrected chi connectivity index (χ2v) is 13.5. The Morgan fingerprint density at radius 1 is 1.00 bits per heavy atom. The summed E-state index contributed by atoms with van der Waals surface area (Å²) in [6, 6.07) is 16.1. The zero-order valence-electron chi connectivity index (χ0n) is 29.2. The van der Waals surface area contributed by atoms with Crippen molar-refractivity contribution >= 4 is 46.9 Å². The Morgan fingerprint density at radius 2 is 1.72 bits per heavy atom. The molecule has 6 bridgehead atoms. The first-order valence-corrected chi connectivity index (χ1v) is 17.1. The van der Waals surface area contributed by atoms with Crippen molar-refractivity contribution in [2.75, 3.05) is 43.5 Å². The van der Waals surface area contributed by atoms with Crippen LogP contribution in [0.25, 0.3) is 0 Å². The lowest BCUT2D eigenvalue weighted by molar-refractivity contribution is -0.154. The molecule has 54 heavy (non-hydrogen) atoms. The highest BCUT2D eigenvalue weighted by atomic mass is 35.5. The van der Waals surface area contributed by atoms with Gasteiger partial charge >= 0.3 is 24.0 Å². The lowest BCUT2D eigenvalue weighted by Gasteiger charge is -2.32. The van der Waals surface area contributed by atoms with Gasteiger partial charge in [0.2, 0.25) is 11.9 Å². The van der Waals surface area contributed by atoms with Crippen LogP contribution in [0.5, 0.6) is 11.8 Å². The van der Waals surface area contributed by atoms with E-state index >= 15 is 0 Å². The Kier molecular flexibility index (Phi) is 12.7. The van der Waals surface area contributed by atoms with E-state index in [9.17, 15) is 31.9 Å². The van der Waals surface area contributed by atoms with Gasteiger partial charge in [-0.3, -0.25) is 14.4 Å². The Morgan fingerprint density at radius 3 is 2.43 bits per heavy atom. The molecule has 286 valence electrons. The normalized spacial score (nSPS) is 15.2. The summed E-state index contributed by atoms with van der Waals surface area (Å²) in [7, 11) is 0. The summed E-state index contributed by atoms with van der Waals surface area (Å²) < 4.78 is 62.7. The van der Waals surface area contributed by atoms with E-state index in [0.717, 1.165) is 0 Å². The van der Waals surface area contributed by atoms with Gasteiger partial charge in [0, 0.05) is 44.0 Å². The van der Waals surface area contributed by atoms with E-state index in [1.807, 2.05) is 13.8 Å². The summed E-state index contributed by atoms with van der Waals surface area (Å²) in [4.78, 5) is 53.1. The van der Waals surface area contributed by atoms with Crippen LogP contribution in [0.2, 0.25) is 5.02 Å². The number of carbonyl (C=O) groups excluding carboxylic acids is 3. The molecule has 5 heterocycles. The first-order valence-electron chi connectivity index (χ1n) is 16.7. The molecule has 0 saturated carbocycles. The molecule has 13 nitrogen and oxygen atoms in total. The molecule has 0 unspecified atom stereocenters. The van der Waals surface area contributed by atoms with Crippen LogP contribution in [0.15, 0.2) is 66.7 Å². The molecule has 4 N–H and O–H groups in total. The fourth-order valence-corrected chi connectivity index (χ4v) is 5.43. The van der Waals surface area contributed by atoms with E-state index in [0.29, 0.717) is 34.5 Å². The van der Waals surface area contributed by atoms with Crippen molar-refractivity contribution in [2.24, 2.45) is 5.41 Å². The van der Waals surface area contributed by atoms with E-state index in [4.69, 9.17) is 21.1 Å². The highest BCUT2D eigenvalue weighted by Crippen LogP contribution is 2.27. The molecule has 4 aromatic rings. The number of aromatic nitrogens is 3. The molecule has 0 atom stereocenters. The average Bonchev–Trinajstić information content (AvgIpc) is 3.13. The number of carbonyl (C=O) groups is 3. The average molecular weight is 773 g/mol. The Balaban J connectivity index is 1.35. The Bertz CT molecular complexity index is 1950. The molecule has 4 aliphatic rings. The molecule has 3 aromatic carbocycles. The number of amides is 3. The molecule has 8 rings (SSSR count). The lowest BCUT2D eigenvalue weighted by Crippen LogP contribution is -2.49. The van der Waals surface area contributed by atoms with Gasteiger partial charge in [-0.2, -0.15) is 28.1 Å². The topological polar surface area (TPSA) is 160 Å². The number of nitrogens with one attached hydrogen (secondary N) is 4. The molecule has 1 aromatic heterocycles. The highest BCUT2D eigenvalue weighted by molar-refractivity contribution is 6.35. The van der Waals surface area contributed by atoms with Crippen LogP contribution < -0.4 is 30.7 Å². The number of anilines is 3. The number of hydrogen-bond acceptors (Lipinski definition) is 10. The largest absolute Gasteiger partial charge is 0.492 e. The molecule has 3 amide bonds. The highest BCUT2D eigenvalue weighted by Gasteiger charge is 2.30. The maximum atomic E-state index is 13.4. The molecule has 0 aliphatic carbocycles. The van der Waals surface area contributed by atoms with Gasteiger partial charge in [0.15, 0.2) is 6.61 Å². The van der Waals surface area contributed by atoms with Gasteiger partial charge in [0.25, 0.3) is 5.91 Å². The Hall–Kier alpha value is -5.71. The first kappa shape index (κ1) is 39.5. The van der Waals surface area contributed by atoms with E-state index in [2.05, 4.69) is 36.2 Å². The van der Waals surface area contributed by atoms with Crippen LogP contribution in [0.1, 0.15) is 41.8 Å². The predicted molar refractivity (Wildman–Crippen MR) is 191 cm³/mol. The third-order valence-electron chi connectivity index (χ3n) is 7.85. The van der Waals surface area contributed by atoms with Gasteiger partial charge in [0.1, 0.15) is 11.6 Å². The van der Waals surface area contributed by atoms with Crippen LogP contribution in [0.3, 0.4) is 0 Å². The third kappa shape index (κ3) is 11.9. The fraction of sp³-hybridized carbons (Fsp3) is 0.333. The summed E-state index contributed by atoms with van der Waals surface area (Å²) in [5, 5.41) is 11.5. The summed E-state index contributed by atoms with van der Waals surface area (Å²) >= 11 is 6.50. The first-order chi connectivity index (χ1) is 25.6. The number of rotatable bonds is 4. The quantitative estimate of drug-likeness (QED) is 0.151. The third-order valence-corrected chi connectivity index (χ3v) is 8.15. The lowest BCUT2D eigenvalue weighted by atomic mass is 9.92. The van der Waals surface area contributed by atoms with Crippen LogP contribution in [-0.4, -0.2) is 76.6 Å². The molecule has 0 fully saturated rings. The second kappa shape index (κ2) is 17.4. The zero-order valence-corrected chi connectivity index (χ0v) is 30.0. The van der Waals surface area contributed by atoms with Crippen molar-refractivity contribution in [1.82, 2.24) is 30.5 Å². The summed E-state index contributed by atoms with van der Waals surface area (Å²) in [6.07, 6.45) is -4.31. The van der Waals surface area contributed by atoms with E-state index < -0.39 is 47.7 Å². The van der Waals surface area contributed by atoms with Gasteiger partial charge in [-0.15, -0.1) is 0 Å². The van der Waals surface area contributed by atoms with E-state index in [-0.39, 0.29) is 56.2 Å². The number of nitrogens with zero attached hydrogens (tertiary/aromatic N) is 4. The summed E-state index contributed by atoms with van der Waals surface area (Å²) in [6.45, 7) is 2.69. The molecule has 0 saturated heterocycles. The Labute approximate surface area is 312 Å². The predicted octanol–water partition coefficient (Wildman–Crippen LogP) is 5.64. The minimum Gasteiger partial charge on any atom is -0.492 e. The fourth-order valence-electron chi connectivity index (χ4n) is 5.18. The number of benzene rings is 3. The molecular weight excluding hydrogens is 736 g/mol. The van der Waals surface area contributed by atoms with Gasteiger partial charge in [0.05, 0.1) is 11.6 Å². The van der Waals surface area contributed by atoms with Gasteiger partial charge in [-0.1, -0.05) is 43.6 Å². The maximum Gasteiger partial charge on any atom is 0.422 e. The SMILES string of the molecule is CC1(C)CNC(=O)c2ccc(cc2)Nc2nc(nc(OCC(F)(F)F)n2)NCc2ccc(c(Cl)c2)OCCCN(C(=O)C(=O)NCc2ccc(F)cc2)C1. The van der Waals surface area contributed by atoms with Crippen molar-refractivity contribution in [3.8, 4) is 11.8 Å². The monoisotopic (exact) mass is 772 g/mol. The molecular formula is C36H37ClF4N8O5. The number of alkyl halides is 3. The maximum absolute atomic E-state index is 13.4. The van der Waals surface area contributed by atoms with E-state index in [1.54, 1.807) is 30.3 Å². The van der Waals surface area contributed by atoms with Crippen LogP contribution in [0, 0.1) is 11.2 Å². The van der Waals surface area contributed by atoms with Gasteiger partial charge in [-0.05, 0) is 71.5 Å². The molecule has 0 radical (unpaired) electrons. The van der Waals surface area contributed by atoms with Crippen molar-refractivity contribution in [2.45, 2.75) is 39.5 Å². The van der Waals surface area contributed by atoms with Crippen LogP contribution in [0.4, 0.5) is 35.1 Å².